The molecule has 6 atom stereocenters. The first kappa shape index (κ1) is 17.3. The van der Waals surface area contributed by atoms with Gasteiger partial charge in [0.15, 0.2) is 0 Å². The van der Waals surface area contributed by atoms with E-state index in [1.165, 1.54) is 0 Å². The lowest BCUT2D eigenvalue weighted by atomic mass is 9.81. The molecule has 118 valence electrons. The fourth-order valence-electron chi connectivity index (χ4n) is 2.46. The normalized spacial score (nSPS) is 37.5. The lowest BCUT2D eigenvalue weighted by Gasteiger charge is -2.48. The number of aliphatic hydroxyl groups excluding tert-OH is 4. The van der Waals surface area contributed by atoms with E-state index in [4.69, 9.17) is 14.6 Å². The first-order valence-corrected chi connectivity index (χ1v) is 6.73. The van der Waals surface area contributed by atoms with Gasteiger partial charge in [-0.1, -0.05) is 20.8 Å². The van der Waals surface area contributed by atoms with E-state index >= 15 is 0 Å². The molecule has 7 nitrogen and oxygen atoms in total. The van der Waals surface area contributed by atoms with Gasteiger partial charge in [-0.05, 0) is 0 Å². The molecule has 20 heavy (non-hydrogen) atoms. The Morgan fingerprint density at radius 2 is 2.05 bits per heavy atom. The third kappa shape index (κ3) is 3.29. The molecule has 1 fully saturated rings. The van der Waals surface area contributed by atoms with Gasteiger partial charge in [0.2, 0.25) is 5.79 Å². The Morgan fingerprint density at radius 1 is 1.45 bits per heavy atom. The van der Waals surface area contributed by atoms with Crippen LogP contribution in [-0.2, 0) is 14.3 Å². The van der Waals surface area contributed by atoms with E-state index < -0.39 is 42.7 Å². The zero-order chi connectivity index (χ0) is 15.5. The highest BCUT2D eigenvalue weighted by atomic mass is 16.7. The molecule has 1 saturated heterocycles. The molecular weight excluding hydrogens is 268 g/mol. The number of aliphatic hydroxyl groups is 4. The fourth-order valence-corrected chi connectivity index (χ4v) is 2.46. The van der Waals surface area contributed by atoms with E-state index in [0.717, 1.165) is 0 Å². The van der Waals surface area contributed by atoms with Gasteiger partial charge in [-0.25, -0.2) is 0 Å². The van der Waals surface area contributed by atoms with Crippen molar-refractivity contribution in [2.45, 2.75) is 57.4 Å². The van der Waals surface area contributed by atoms with Gasteiger partial charge in [-0.3, -0.25) is 4.79 Å². The smallest absolute Gasteiger partial charge is 0.295 e. The number of carbonyl (C=O) groups excluding carboxylic acids is 1. The number of hydrogen-bond donors (Lipinski definition) is 4. The van der Waals surface area contributed by atoms with Crippen LogP contribution in [0.3, 0.4) is 0 Å². The Hall–Kier alpha value is -0.730. The topological polar surface area (TPSA) is 116 Å². The molecular formula is C13H24O7. The summed E-state index contributed by atoms with van der Waals surface area (Å²) < 4.78 is 10.7. The van der Waals surface area contributed by atoms with E-state index in [2.05, 4.69) is 0 Å². The van der Waals surface area contributed by atoms with E-state index in [1.54, 1.807) is 20.8 Å². The molecule has 0 aromatic rings. The number of rotatable bonds is 6. The van der Waals surface area contributed by atoms with Crippen molar-refractivity contribution in [3.05, 3.63) is 0 Å². The third-order valence-electron chi connectivity index (χ3n) is 4.00. The zero-order valence-electron chi connectivity index (χ0n) is 12.0. The monoisotopic (exact) mass is 292 g/mol. The highest BCUT2D eigenvalue weighted by Gasteiger charge is 2.51. The molecule has 0 bridgehead atoms. The maximum Gasteiger partial charge on any atom is 0.295 e. The van der Waals surface area contributed by atoms with E-state index in [1.807, 2.05) is 0 Å². The lowest BCUT2D eigenvalue weighted by molar-refractivity contribution is -0.326. The standard InChI is InChI=1S/C13H24O7/c1-7(2)13(19-6-15)4-9(16)8(3)12(20-13)11(18)10(17)5-14/h6-12,14,16-18H,4-5H2,1-3H3/t8-,9?,10?,11-,12?,13+/m1/s1. The van der Waals surface area contributed by atoms with Gasteiger partial charge in [0.05, 0.1) is 18.8 Å². The Morgan fingerprint density at radius 3 is 2.50 bits per heavy atom. The van der Waals surface area contributed by atoms with Gasteiger partial charge in [-0.2, -0.15) is 0 Å². The first-order valence-electron chi connectivity index (χ1n) is 6.73. The van der Waals surface area contributed by atoms with Crippen LogP contribution in [0.25, 0.3) is 0 Å². The fraction of sp³-hybridized carbons (Fsp3) is 0.923. The van der Waals surface area contributed by atoms with Crippen LogP contribution in [0.4, 0.5) is 0 Å². The van der Waals surface area contributed by atoms with Crippen molar-refractivity contribution in [3.8, 4) is 0 Å². The average Bonchev–Trinajstić information content (AvgIpc) is 2.41. The second-order valence-corrected chi connectivity index (χ2v) is 5.63. The maximum atomic E-state index is 10.7. The molecule has 1 heterocycles. The van der Waals surface area contributed by atoms with Crippen LogP contribution in [0, 0.1) is 11.8 Å². The summed E-state index contributed by atoms with van der Waals surface area (Å²) in [5.41, 5.74) is 0. The Balaban J connectivity index is 3.02. The van der Waals surface area contributed by atoms with Crippen LogP contribution in [0.5, 0.6) is 0 Å². The summed E-state index contributed by atoms with van der Waals surface area (Å²) in [5, 5.41) is 38.6. The van der Waals surface area contributed by atoms with Crippen molar-refractivity contribution in [2.75, 3.05) is 6.61 Å². The van der Waals surface area contributed by atoms with Crippen molar-refractivity contribution in [3.63, 3.8) is 0 Å². The van der Waals surface area contributed by atoms with Crippen LogP contribution >= 0.6 is 0 Å². The SMILES string of the molecule is CC(C)[C@]1(OC=O)CC(O)[C@@H](C)C([C@H](O)C(O)CO)O1. The molecule has 1 rings (SSSR count). The van der Waals surface area contributed by atoms with E-state index in [-0.39, 0.29) is 18.8 Å². The van der Waals surface area contributed by atoms with E-state index in [9.17, 15) is 20.1 Å². The van der Waals surface area contributed by atoms with Gasteiger partial charge < -0.3 is 29.9 Å². The van der Waals surface area contributed by atoms with Gasteiger partial charge >= 0.3 is 0 Å². The Labute approximate surface area is 118 Å². The molecule has 1 aliphatic heterocycles. The minimum absolute atomic E-state index is 0.0863. The molecule has 0 amide bonds. The van der Waals surface area contributed by atoms with Crippen molar-refractivity contribution < 1.29 is 34.7 Å². The highest BCUT2D eigenvalue weighted by molar-refractivity contribution is 5.38. The Kier molecular flexibility index (Phi) is 5.91. The summed E-state index contributed by atoms with van der Waals surface area (Å²) in [6.07, 6.45) is -4.52. The molecule has 0 saturated carbocycles. The second kappa shape index (κ2) is 6.82. The molecule has 1 aliphatic rings. The molecule has 0 aromatic carbocycles. The summed E-state index contributed by atoms with van der Waals surface area (Å²) in [5.74, 6) is -2.08. The van der Waals surface area contributed by atoms with Crippen LogP contribution < -0.4 is 0 Å². The van der Waals surface area contributed by atoms with Gasteiger partial charge in [-0.15, -0.1) is 0 Å². The zero-order valence-corrected chi connectivity index (χ0v) is 12.0. The molecule has 0 spiro atoms. The number of hydrogen-bond acceptors (Lipinski definition) is 7. The van der Waals surface area contributed by atoms with Crippen molar-refractivity contribution in [1.29, 1.82) is 0 Å². The van der Waals surface area contributed by atoms with Crippen molar-refractivity contribution in [1.82, 2.24) is 0 Å². The predicted molar refractivity (Wildman–Crippen MR) is 68.5 cm³/mol. The second-order valence-electron chi connectivity index (χ2n) is 5.63. The van der Waals surface area contributed by atoms with Crippen LogP contribution in [-0.4, -0.2) is 63.7 Å². The first-order chi connectivity index (χ1) is 9.29. The van der Waals surface area contributed by atoms with Crippen molar-refractivity contribution >= 4 is 6.47 Å². The minimum atomic E-state index is -1.39. The quantitative estimate of drug-likeness (QED) is 0.464. The van der Waals surface area contributed by atoms with Gasteiger partial charge in [0, 0.05) is 18.3 Å². The Bertz CT molecular complexity index is 322. The molecule has 0 aromatic heterocycles. The van der Waals surface area contributed by atoms with Crippen molar-refractivity contribution in [2.24, 2.45) is 11.8 Å². The van der Waals surface area contributed by atoms with Crippen LogP contribution in [0.2, 0.25) is 0 Å². The third-order valence-corrected chi connectivity index (χ3v) is 4.00. The van der Waals surface area contributed by atoms with E-state index in [0.29, 0.717) is 0 Å². The molecule has 3 unspecified atom stereocenters. The lowest BCUT2D eigenvalue weighted by Crippen LogP contribution is -2.60. The molecule has 0 radical (unpaired) electrons. The minimum Gasteiger partial charge on any atom is -0.435 e. The summed E-state index contributed by atoms with van der Waals surface area (Å²) in [7, 11) is 0. The highest BCUT2D eigenvalue weighted by Crippen LogP contribution is 2.39. The van der Waals surface area contributed by atoms with Gasteiger partial charge in [0.1, 0.15) is 12.2 Å². The largest absolute Gasteiger partial charge is 0.435 e. The summed E-state index contributed by atoms with van der Waals surface area (Å²) in [4.78, 5) is 10.7. The molecule has 0 aliphatic carbocycles. The predicted octanol–water partition coefficient (Wildman–Crippen LogP) is -0.988. The number of carbonyl (C=O) groups is 1. The van der Waals surface area contributed by atoms with Crippen LogP contribution in [0.15, 0.2) is 0 Å². The molecule has 4 N–H and O–H groups in total. The summed E-state index contributed by atoms with van der Waals surface area (Å²) >= 11 is 0. The summed E-state index contributed by atoms with van der Waals surface area (Å²) in [6, 6.07) is 0. The van der Waals surface area contributed by atoms with Crippen LogP contribution in [0.1, 0.15) is 27.2 Å². The molecule has 7 heteroatoms. The van der Waals surface area contributed by atoms with Gasteiger partial charge in [0.25, 0.3) is 6.47 Å². The number of ether oxygens (including phenoxy) is 2. The summed E-state index contributed by atoms with van der Waals surface area (Å²) in [6.45, 7) is 4.80. The maximum absolute atomic E-state index is 10.7. The average molecular weight is 292 g/mol.